The molecule has 0 unspecified atom stereocenters. The molecule has 1 aromatic rings. The van der Waals surface area contributed by atoms with Gasteiger partial charge in [0.15, 0.2) is 0 Å². The highest BCUT2D eigenvalue weighted by Crippen LogP contribution is 2.22. The molecule has 0 saturated carbocycles. The minimum absolute atomic E-state index is 0.374. The molecule has 0 bridgehead atoms. The number of nitrogen functional groups attached to an aromatic ring is 1. The maximum absolute atomic E-state index is 11.9. The van der Waals surface area contributed by atoms with E-state index in [1.54, 1.807) is 6.07 Å². The molecule has 1 aromatic carbocycles. The highest BCUT2D eigenvalue weighted by atomic mass is 16.5. The molecular formula is C16H25NO4. The molecule has 1 rings (SSSR count). The van der Waals surface area contributed by atoms with E-state index in [0.717, 1.165) is 17.5 Å². The Balaban J connectivity index is 2.64. The molecule has 118 valence electrons. The lowest BCUT2D eigenvalue weighted by atomic mass is 10.0. The van der Waals surface area contributed by atoms with E-state index in [0.29, 0.717) is 44.3 Å². The normalized spacial score (nSPS) is 10.6. The highest BCUT2D eigenvalue weighted by molar-refractivity contribution is 5.96. The second-order valence-electron chi connectivity index (χ2n) is 4.70. The summed E-state index contributed by atoms with van der Waals surface area (Å²) >= 11 is 0. The van der Waals surface area contributed by atoms with Crippen LogP contribution in [0.4, 0.5) is 5.69 Å². The van der Waals surface area contributed by atoms with E-state index in [2.05, 4.69) is 0 Å². The van der Waals surface area contributed by atoms with E-state index in [1.807, 2.05) is 26.8 Å². The first-order valence-electron chi connectivity index (χ1n) is 7.32. The summed E-state index contributed by atoms with van der Waals surface area (Å²) in [6.07, 6.45) is 0.788. The van der Waals surface area contributed by atoms with Crippen LogP contribution in [-0.4, -0.2) is 32.4 Å². The predicted octanol–water partition coefficient (Wildman–Crippen LogP) is 2.70. The van der Waals surface area contributed by atoms with Crippen molar-refractivity contribution in [3.8, 4) is 0 Å². The molecular weight excluding hydrogens is 270 g/mol. The van der Waals surface area contributed by atoms with Crippen LogP contribution in [0.2, 0.25) is 0 Å². The molecule has 0 heterocycles. The van der Waals surface area contributed by atoms with Crippen LogP contribution in [0.25, 0.3) is 0 Å². The molecule has 0 spiro atoms. The fraction of sp³-hybridized carbons (Fsp3) is 0.562. The van der Waals surface area contributed by atoms with Gasteiger partial charge in [-0.05, 0) is 37.5 Å². The summed E-state index contributed by atoms with van der Waals surface area (Å²) in [7, 11) is 0. The van der Waals surface area contributed by atoms with Gasteiger partial charge in [-0.15, -0.1) is 0 Å². The van der Waals surface area contributed by atoms with Crippen LogP contribution in [0.5, 0.6) is 0 Å². The van der Waals surface area contributed by atoms with Crippen LogP contribution in [-0.2, 0) is 20.8 Å². The topological polar surface area (TPSA) is 70.8 Å². The molecule has 5 nitrogen and oxygen atoms in total. The van der Waals surface area contributed by atoms with Crippen molar-refractivity contribution >= 4 is 11.7 Å². The summed E-state index contributed by atoms with van der Waals surface area (Å²) in [5.74, 6) is -0.374. The summed E-state index contributed by atoms with van der Waals surface area (Å²) in [6.45, 7) is 8.43. The molecule has 0 aliphatic rings. The second-order valence-corrected chi connectivity index (χ2v) is 4.70. The Bertz CT molecular complexity index is 460. The quantitative estimate of drug-likeness (QED) is 0.431. The smallest absolute Gasteiger partial charge is 0.340 e. The van der Waals surface area contributed by atoms with Gasteiger partial charge in [0.05, 0.1) is 32.0 Å². The van der Waals surface area contributed by atoms with Gasteiger partial charge in [0, 0.05) is 12.3 Å². The Kier molecular flexibility index (Phi) is 7.79. The Labute approximate surface area is 126 Å². The third-order valence-corrected chi connectivity index (χ3v) is 3.12. The molecule has 0 aliphatic heterocycles. The Hall–Kier alpha value is -1.59. The number of carbonyl (C=O) groups excluding carboxylic acids is 1. The number of carbonyl (C=O) groups is 1. The van der Waals surface area contributed by atoms with Crippen molar-refractivity contribution in [1.29, 1.82) is 0 Å². The maximum atomic E-state index is 11.9. The fourth-order valence-corrected chi connectivity index (χ4v) is 1.82. The molecule has 0 aromatic heterocycles. The van der Waals surface area contributed by atoms with Crippen LogP contribution in [0, 0.1) is 6.92 Å². The van der Waals surface area contributed by atoms with Crippen LogP contribution in [0.1, 0.15) is 41.8 Å². The molecule has 0 radical (unpaired) electrons. The maximum Gasteiger partial charge on any atom is 0.340 e. The number of hydrogen-bond acceptors (Lipinski definition) is 5. The van der Waals surface area contributed by atoms with Crippen molar-refractivity contribution in [3.05, 3.63) is 28.8 Å². The van der Waals surface area contributed by atoms with E-state index in [1.165, 1.54) is 0 Å². The van der Waals surface area contributed by atoms with E-state index >= 15 is 0 Å². The lowest BCUT2D eigenvalue weighted by Gasteiger charge is -2.13. The van der Waals surface area contributed by atoms with E-state index in [-0.39, 0.29) is 5.97 Å². The zero-order chi connectivity index (χ0) is 15.7. The SMILES string of the molecule is CCCOC(=O)c1ccc(COCCOCC)c(C)c1N. The number of esters is 1. The number of nitrogens with two attached hydrogens (primary N) is 1. The number of rotatable bonds is 9. The first-order chi connectivity index (χ1) is 10.1. The van der Waals surface area contributed by atoms with Gasteiger partial charge in [-0.2, -0.15) is 0 Å². The van der Waals surface area contributed by atoms with Crippen LogP contribution in [0.3, 0.4) is 0 Å². The largest absolute Gasteiger partial charge is 0.462 e. The van der Waals surface area contributed by atoms with Crippen LogP contribution in [0.15, 0.2) is 12.1 Å². The molecule has 0 aliphatic carbocycles. The van der Waals surface area contributed by atoms with Gasteiger partial charge >= 0.3 is 5.97 Å². The minimum atomic E-state index is -0.374. The van der Waals surface area contributed by atoms with E-state index in [4.69, 9.17) is 19.9 Å². The van der Waals surface area contributed by atoms with Crippen molar-refractivity contribution in [2.24, 2.45) is 0 Å². The Morgan fingerprint density at radius 3 is 2.52 bits per heavy atom. The van der Waals surface area contributed by atoms with Crippen molar-refractivity contribution in [2.45, 2.75) is 33.8 Å². The third kappa shape index (κ3) is 5.36. The molecule has 0 amide bonds. The van der Waals surface area contributed by atoms with Crippen LogP contribution < -0.4 is 5.73 Å². The summed E-state index contributed by atoms with van der Waals surface area (Å²) < 4.78 is 15.8. The Morgan fingerprint density at radius 1 is 1.14 bits per heavy atom. The van der Waals surface area contributed by atoms with Gasteiger partial charge < -0.3 is 19.9 Å². The number of anilines is 1. The summed E-state index contributed by atoms with van der Waals surface area (Å²) in [5.41, 5.74) is 8.73. The van der Waals surface area contributed by atoms with Gasteiger partial charge in [0.2, 0.25) is 0 Å². The highest BCUT2D eigenvalue weighted by Gasteiger charge is 2.14. The number of ether oxygens (including phenoxy) is 3. The molecule has 21 heavy (non-hydrogen) atoms. The van der Waals surface area contributed by atoms with Gasteiger partial charge in [0.25, 0.3) is 0 Å². The lowest BCUT2D eigenvalue weighted by Crippen LogP contribution is -2.11. The van der Waals surface area contributed by atoms with Crippen molar-refractivity contribution in [3.63, 3.8) is 0 Å². The van der Waals surface area contributed by atoms with Gasteiger partial charge in [0.1, 0.15) is 0 Å². The first-order valence-corrected chi connectivity index (χ1v) is 7.32. The molecule has 0 saturated heterocycles. The summed E-state index contributed by atoms with van der Waals surface area (Å²) in [5, 5.41) is 0. The summed E-state index contributed by atoms with van der Waals surface area (Å²) in [6, 6.07) is 3.55. The Morgan fingerprint density at radius 2 is 1.86 bits per heavy atom. The zero-order valence-corrected chi connectivity index (χ0v) is 13.1. The number of hydrogen-bond donors (Lipinski definition) is 1. The van der Waals surface area contributed by atoms with Crippen molar-refractivity contribution in [1.82, 2.24) is 0 Å². The standard InChI is InChI=1S/C16H25NO4/c1-4-8-21-16(18)14-7-6-13(12(3)15(14)17)11-20-10-9-19-5-2/h6-7H,4-5,8-11,17H2,1-3H3. The molecule has 0 fully saturated rings. The molecule has 0 atom stereocenters. The second kappa shape index (κ2) is 9.37. The van der Waals surface area contributed by atoms with Gasteiger partial charge in [-0.3, -0.25) is 0 Å². The zero-order valence-electron chi connectivity index (χ0n) is 13.1. The van der Waals surface area contributed by atoms with Crippen molar-refractivity contribution < 1.29 is 19.0 Å². The third-order valence-electron chi connectivity index (χ3n) is 3.12. The van der Waals surface area contributed by atoms with Gasteiger partial charge in [-0.25, -0.2) is 4.79 Å². The van der Waals surface area contributed by atoms with E-state index in [9.17, 15) is 4.79 Å². The predicted molar refractivity (Wildman–Crippen MR) is 82.3 cm³/mol. The molecule has 2 N–H and O–H groups in total. The van der Waals surface area contributed by atoms with Crippen LogP contribution >= 0.6 is 0 Å². The first kappa shape index (κ1) is 17.5. The fourth-order valence-electron chi connectivity index (χ4n) is 1.82. The number of benzene rings is 1. The van der Waals surface area contributed by atoms with Gasteiger partial charge in [-0.1, -0.05) is 13.0 Å². The summed E-state index contributed by atoms with van der Waals surface area (Å²) in [4.78, 5) is 11.9. The van der Waals surface area contributed by atoms with E-state index < -0.39 is 0 Å². The molecule has 5 heteroatoms. The average Bonchev–Trinajstić information content (AvgIpc) is 2.48. The lowest BCUT2D eigenvalue weighted by molar-refractivity contribution is 0.0450. The average molecular weight is 295 g/mol. The van der Waals surface area contributed by atoms with Crippen molar-refractivity contribution in [2.75, 3.05) is 32.2 Å². The monoisotopic (exact) mass is 295 g/mol. The minimum Gasteiger partial charge on any atom is -0.462 e.